The van der Waals surface area contributed by atoms with Crippen molar-refractivity contribution in [3.05, 3.63) is 16.5 Å². The summed E-state index contributed by atoms with van der Waals surface area (Å²) in [7, 11) is 0. The molecule has 42 heavy (non-hydrogen) atoms. The minimum Gasteiger partial charge on any atom is -0.382 e. The summed E-state index contributed by atoms with van der Waals surface area (Å²) in [6.45, 7) is 14.7. The van der Waals surface area contributed by atoms with E-state index >= 15 is 0 Å². The van der Waals surface area contributed by atoms with Crippen molar-refractivity contribution in [2.24, 2.45) is 10.7 Å². The molecule has 2 saturated heterocycles. The van der Waals surface area contributed by atoms with Crippen LogP contribution < -0.4 is 16.8 Å². The third kappa shape index (κ3) is 11.9. The van der Waals surface area contributed by atoms with Gasteiger partial charge < -0.3 is 35.2 Å². The van der Waals surface area contributed by atoms with Gasteiger partial charge in [0.1, 0.15) is 0 Å². The molecule has 1 aromatic rings. The van der Waals surface area contributed by atoms with Crippen LogP contribution in [0.2, 0.25) is 5.15 Å². The molecular formula is C28H48ClN7O6. The zero-order valence-electron chi connectivity index (χ0n) is 25.6. The highest BCUT2D eigenvalue weighted by atomic mass is 35.5. The van der Waals surface area contributed by atoms with Crippen molar-refractivity contribution in [1.29, 1.82) is 0 Å². The van der Waals surface area contributed by atoms with Gasteiger partial charge in [-0.3, -0.25) is 20.0 Å². The van der Waals surface area contributed by atoms with E-state index in [9.17, 15) is 4.79 Å². The van der Waals surface area contributed by atoms with Crippen LogP contribution >= 0.6 is 11.6 Å². The number of halogens is 1. The van der Waals surface area contributed by atoms with Crippen LogP contribution in [0.4, 0.5) is 5.82 Å². The van der Waals surface area contributed by atoms with E-state index < -0.39 is 17.5 Å². The van der Waals surface area contributed by atoms with Gasteiger partial charge in [0.05, 0.1) is 37.7 Å². The van der Waals surface area contributed by atoms with Crippen molar-refractivity contribution in [1.82, 2.24) is 20.2 Å². The van der Waals surface area contributed by atoms with Gasteiger partial charge in [0.15, 0.2) is 34.2 Å². The summed E-state index contributed by atoms with van der Waals surface area (Å²) in [5.41, 5.74) is 11.9. The Balaban J connectivity index is 1.25. The van der Waals surface area contributed by atoms with Gasteiger partial charge in [-0.2, -0.15) is 0 Å². The number of unbranched alkanes of at least 4 members (excludes halogenated alkanes) is 4. The second-order valence-corrected chi connectivity index (χ2v) is 12.0. The van der Waals surface area contributed by atoms with E-state index in [1.165, 1.54) is 0 Å². The van der Waals surface area contributed by atoms with E-state index in [-0.39, 0.29) is 34.8 Å². The first-order chi connectivity index (χ1) is 19.8. The van der Waals surface area contributed by atoms with Crippen LogP contribution in [0.5, 0.6) is 0 Å². The first-order valence-electron chi connectivity index (χ1n) is 14.7. The van der Waals surface area contributed by atoms with Gasteiger partial charge in [-0.15, -0.1) is 0 Å². The first-order valence-corrected chi connectivity index (χ1v) is 15.1. The number of ether oxygens (including phenoxy) is 5. The van der Waals surface area contributed by atoms with Crippen LogP contribution in [0.25, 0.3) is 0 Å². The van der Waals surface area contributed by atoms with Gasteiger partial charge in [0.2, 0.25) is 0 Å². The fraction of sp³-hybridized carbons (Fsp3) is 0.786. The molecule has 14 heteroatoms. The van der Waals surface area contributed by atoms with Gasteiger partial charge in [0, 0.05) is 32.8 Å². The molecule has 13 nitrogen and oxygen atoms in total. The van der Waals surface area contributed by atoms with E-state index in [1.807, 2.05) is 27.7 Å². The Morgan fingerprint density at radius 2 is 1.62 bits per heavy atom. The molecule has 238 valence electrons. The maximum atomic E-state index is 12.3. The number of nitrogens with two attached hydrogens (primary N) is 2. The molecule has 0 aromatic carbocycles. The molecule has 0 bridgehead atoms. The summed E-state index contributed by atoms with van der Waals surface area (Å²) >= 11 is 5.93. The number of nitrogen functional groups attached to an aromatic ring is 1. The van der Waals surface area contributed by atoms with Crippen molar-refractivity contribution < 1.29 is 28.5 Å². The SMILES string of the molecule is Cc1nc(N)c(C(=O)NC(N)=NCCCCCCCOCCN(C[C@H]2COC(C)(C)O2)C[C@H]2COC(C)(C)O2)nc1Cl. The Morgan fingerprint density at radius 1 is 1.02 bits per heavy atom. The third-order valence-electron chi connectivity index (χ3n) is 6.84. The number of hydrogen-bond donors (Lipinski definition) is 3. The zero-order valence-corrected chi connectivity index (χ0v) is 26.4. The molecule has 0 saturated carbocycles. The molecular weight excluding hydrogens is 566 g/mol. The Labute approximate surface area is 254 Å². The number of carbonyl (C=O) groups excluding carboxylic acids is 1. The maximum absolute atomic E-state index is 12.3. The minimum atomic E-state index is -0.596. The maximum Gasteiger partial charge on any atom is 0.280 e. The molecule has 0 spiro atoms. The number of amides is 1. The van der Waals surface area contributed by atoms with Crippen LogP contribution in [0.3, 0.4) is 0 Å². The van der Waals surface area contributed by atoms with Crippen molar-refractivity contribution >= 4 is 29.3 Å². The summed E-state index contributed by atoms with van der Waals surface area (Å²) in [5.74, 6) is -1.69. The van der Waals surface area contributed by atoms with E-state index in [2.05, 4.69) is 25.2 Å². The highest BCUT2D eigenvalue weighted by Crippen LogP contribution is 2.25. The van der Waals surface area contributed by atoms with E-state index in [1.54, 1.807) is 6.92 Å². The molecule has 1 aromatic heterocycles. The number of rotatable bonds is 16. The Morgan fingerprint density at radius 3 is 2.21 bits per heavy atom. The Kier molecular flexibility index (Phi) is 13.2. The molecule has 2 aliphatic rings. The lowest BCUT2D eigenvalue weighted by molar-refractivity contribution is -0.145. The molecule has 5 N–H and O–H groups in total. The molecule has 0 radical (unpaired) electrons. The molecule has 2 atom stereocenters. The number of nitrogens with zero attached hydrogens (tertiary/aromatic N) is 4. The number of aliphatic imine (C=N–C) groups is 1. The second-order valence-electron chi connectivity index (χ2n) is 11.6. The van der Waals surface area contributed by atoms with Crippen LogP contribution in [-0.2, 0) is 23.7 Å². The van der Waals surface area contributed by atoms with Crippen LogP contribution in [0.15, 0.2) is 4.99 Å². The molecule has 1 amide bonds. The van der Waals surface area contributed by atoms with Gasteiger partial charge in [0.25, 0.3) is 5.91 Å². The highest BCUT2D eigenvalue weighted by Gasteiger charge is 2.36. The fourth-order valence-corrected chi connectivity index (χ4v) is 4.91. The van der Waals surface area contributed by atoms with Gasteiger partial charge in [-0.05, 0) is 47.5 Å². The predicted octanol–water partition coefficient (Wildman–Crippen LogP) is 2.64. The number of aryl methyl sites for hydroxylation is 1. The predicted molar refractivity (Wildman–Crippen MR) is 160 cm³/mol. The topological polar surface area (TPSA) is 169 Å². The lowest BCUT2D eigenvalue weighted by atomic mass is 10.1. The average molecular weight is 614 g/mol. The quantitative estimate of drug-likeness (QED) is 0.142. The summed E-state index contributed by atoms with van der Waals surface area (Å²) in [6.07, 6.45) is 5.02. The monoisotopic (exact) mass is 613 g/mol. The number of nitrogens with one attached hydrogen (secondary N) is 1. The van der Waals surface area contributed by atoms with Crippen molar-refractivity contribution in [3.8, 4) is 0 Å². The smallest absolute Gasteiger partial charge is 0.280 e. The molecule has 0 unspecified atom stereocenters. The number of guanidine groups is 1. The van der Waals surface area contributed by atoms with Gasteiger partial charge in [-0.1, -0.05) is 30.9 Å². The normalized spacial score (nSPS) is 21.7. The largest absolute Gasteiger partial charge is 0.382 e. The van der Waals surface area contributed by atoms with Crippen molar-refractivity contribution in [2.75, 3.05) is 58.3 Å². The van der Waals surface area contributed by atoms with Crippen LogP contribution in [0.1, 0.15) is 76.0 Å². The summed E-state index contributed by atoms with van der Waals surface area (Å²) in [4.78, 5) is 26.8. The Hall–Kier alpha value is -2.13. The van der Waals surface area contributed by atoms with E-state index in [0.717, 1.165) is 51.7 Å². The summed E-state index contributed by atoms with van der Waals surface area (Å²) in [5, 5.41) is 2.58. The van der Waals surface area contributed by atoms with Crippen molar-refractivity contribution in [3.63, 3.8) is 0 Å². The standard InChI is InChI=1S/C28H48ClN7O6/c1-19-23(29)34-22(24(30)33-19)25(37)35-26(31)32-11-9-7-6-8-10-13-38-14-12-36(15-20-17-39-27(2,3)41-20)16-21-18-40-28(4,5)42-21/h20-21H,6-18H2,1-5H3,(H2,30,33)(H3,31,32,35,37)/t20-,21-/m0/s1. The lowest BCUT2D eigenvalue weighted by Gasteiger charge is -2.28. The summed E-state index contributed by atoms with van der Waals surface area (Å²) < 4.78 is 29.5. The highest BCUT2D eigenvalue weighted by molar-refractivity contribution is 6.30. The second kappa shape index (κ2) is 16.1. The number of aromatic nitrogens is 2. The molecule has 2 fully saturated rings. The minimum absolute atomic E-state index is 0.00630. The van der Waals surface area contributed by atoms with Gasteiger partial charge in [-0.25, -0.2) is 9.97 Å². The molecule has 3 rings (SSSR count). The van der Waals surface area contributed by atoms with E-state index in [4.69, 9.17) is 46.8 Å². The fourth-order valence-electron chi connectivity index (χ4n) is 4.78. The number of carbonyl (C=O) groups is 1. The van der Waals surface area contributed by atoms with Gasteiger partial charge >= 0.3 is 0 Å². The number of anilines is 1. The summed E-state index contributed by atoms with van der Waals surface area (Å²) in [6, 6.07) is 0. The third-order valence-corrected chi connectivity index (χ3v) is 7.19. The number of hydrogen-bond acceptors (Lipinski definition) is 11. The lowest BCUT2D eigenvalue weighted by Crippen LogP contribution is -2.42. The first kappa shape index (κ1) is 34.4. The average Bonchev–Trinajstić information content (AvgIpc) is 3.43. The van der Waals surface area contributed by atoms with Crippen molar-refractivity contribution in [2.45, 2.75) is 90.5 Å². The van der Waals surface area contributed by atoms with Crippen LogP contribution in [0, 0.1) is 6.92 Å². The Bertz CT molecular complexity index is 1030. The molecule has 3 heterocycles. The molecule has 2 aliphatic heterocycles. The molecule has 0 aliphatic carbocycles. The zero-order chi connectivity index (χ0) is 30.8. The van der Waals surface area contributed by atoms with E-state index in [0.29, 0.717) is 38.7 Å². The van der Waals surface area contributed by atoms with Crippen LogP contribution in [-0.4, -0.2) is 103 Å².